The summed E-state index contributed by atoms with van der Waals surface area (Å²) < 4.78 is 21.8. The van der Waals surface area contributed by atoms with E-state index in [0.717, 1.165) is 0 Å². The average Bonchev–Trinajstić information content (AvgIpc) is 2.79. The van der Waals surface area contributed by atoms with Gasteiger partial charge in [-0.25, -0.2) is 14.4 Å². The fourth-order valence-corrected chi connectivity index (χ4v) is 2.38. The van der Waals surface area contributed by atoms with Crippen LogP contribution in [-0.2, 0) is 23.9 Å². The minimum Gasteiger partial charge on any atom is -0.491 e. The second-order valence-electron chi connectivity index (χ2n) is 6.40. The lowest BCUT2D eigenvalue weighted by atomic mass is 10.3. The van der Waals surface area contributed by atoms with Gasteiger partial charge in [0.2, 0.25) is 12.2 Å². The molecule has 0 radical (unpaired) electrons. The Kier molecular flexibility index (Phi) is 9.40. The molecule has 2 rings (SSSR count). The van der Waals surface area contributed by atoms with E-state index in [4.69, 9.17) is 18.9 Å². The zero-order valence-corrected chi connectivity index (χ0v) is 17.6. The summed E-state index contributed by atoms with van der Waals surface area (Å²) in [5.74, 6) is 0.784. The van der Waals surface area contributed by atoms with Gasteiger partial charge in [-0.05, 0) is 62.4 Å². The molecule has 0 fully saturated rings. The maximum atomic E-state index is 12.1. The van der Waals surface area contributed by atoms with E-state index in [9.17, 15) is 14.4 Å². The number of hydrogen-bond donors (Lipinski definition) is 0. The quantitative estimate of drug-likeness (QED) is 0.162. The maximum Gasteiger partial charge on any atom is 0.347 e. The highest BCUT2D eigenvalue weighted by atomic mass is 16.6. The molecule has 0 amide bonds. The fourth-order valence-electron chi connectivity index (χ4n) is 2.38. The number of ether oxygens (including phenoxy) is 4. The van der Waals surface area contributed by atoms with E-state index in [-0.39, 0.29) is 13.2 Å². The van der Waals surface area contributed by atoms with Gasteiger partial charge in [0.25, 0.3) is 0 Å². The molecule has 9 heteroatoms. The van der Waals surface area contributed by atoms with Gasteiger partial charge in [0.05, 0.1) is 11.4 Å². The van der Waals surface area contributed by atoms with Gasteiger partial charge in [-0.15, -0.1) is 0 Å². The third-order valence-corrected chi connectivity index (χ3v) is 4.05. The van der Waals surface area contributed by atoms with Gasteiger partial charge < -0.3 is 18.9 Å². The molecule has 0 aliphatic rings. The molecule has 2 aromatic rings. The molecule has 2 atom stereocenters. The Hall–Kier alpha value is -4.19. The van der Waals surface area contributed by atoms with Gasteiger partial charge in [-0.1, -0.05) is 6.58 Å². The molecule has 0 aliphatic heterocycles. The van der Waals surface area contributed by atoms with Crippen LogP contribution in [0.5, 0.6) is 11.5 Å². The summed E-state index contributed by atoms with van der Waals surface area (Å²) in [6.07, 6.45) is 1.61. The van der Waals surface area contributed by atoms with Crippen LogP contribution in [0.15, 0.2) is 70.9 Å². The largest absolute Gasteiger partial charge is 0.491 e. The monoisotopic (exact) mass is 438 g/mol. The minimum atomic E-state index is -0.840. The van der Waals surface area contributed by atoms with Gasteiger partial charge in [-0.2, -0.15) is 9.98 Å². The van der Waals surface area contributed by atoms with Crippen molar-refractivity contribution in [1.82, 2.24) is 0 Å². The molecule has 32 heavy (non-hydrogen) atoms. The molecular weight excluding hydrogens is 416 g/mol. The second kappa shape index (κ2) is 12.5. The van der Waals surface area contributed by atoms with Crippen LogP contribution in [0, 0.1) is 0 Å². The first kappa shape index (κ1) is 24.1. The van der Waals surface area contributed by atoms with Crippen molar-refractivity contribution in [3.63, 3.8) is 0 Å². The summed E-state index contributed by atoms with van der Waals surface area (Å²) in [6, 6.07) is 12.8. The van der Waals surface area contributed by atoms with Gasteiger partial charge in [-0.3, -0.25) is 0 Å². The van der Waals surface area contributed by atoms with Crippen LogP contribution >= 0.6 is 0 Å². The molecule has 0 spiro atoms. The number of aliphatic imine (C=N–C) groups is 2. The topological polar surface area (TPSA) is 113 Å². The third kappa shape index (κ3) is 7.91. The van der Waals surface area contributed by atoms with Crippen LogP contribution in [0.4, 0.5) is 11.4 Å². The van der Waals surface area contributed by atoms with E-state index in [1.54, 1.807) is 62.4 Å². The standard InChI is InChI=1S/C23H22N2O7/c1-16(17(2)31-21-8-4-19(5-9-21)24-14-26)29-12-13-30-23(28)18(3)32-22-10-6-20(7-11-22)25-15-27/h4-11,17-18H,1,12-13H2,2-3H3. The van der Waals surface area contributed by atoms with Gasteiger partial charge >= 0.3 is 5.97 Å². The molecule has 166 valence electrons. The number of carbonyl (C=O) groups excluding carboxylic acids is 3. The first-order valence-electron chi connectivity index (χ1n) is 9.60. The smallest absolute Gasteiger partial charge is 0.347 e. The second-order valence-corrected chi connectivity index (χ2v) is 6.40. The number of nitrogens with zero attached hydrogens (tertiary/aromatic N) is 2. The number of esters is 1. The van der Waals surface area contributed by atoms with E-state index in [1.165, 1.54) is 12.2 Å². The highest BCUT2D eigenvalue weighted by molar-refractivity contribution is 5.74. The summed E-state index contributed by atoms with van der Waals surface area (Å²) >= 11 is 0. The summed E-state index contributed by atoms with van der Waals surface area (Å²) in [7, 11) is 0. The van der Waals surface area contributed by atoms with Crippen molar-refractivity contribution in [2.75, 3.05) is 13.2 Å². The van der Waals surface area contributed by atoms with E-state index >= 15 is 0 Å². The zero-order chi connectivity index (χ0) is 23.3. The van der Waals surface area contributed by atoms with Crippen LogP contribution in [0.2, 0.25) is 0 Å². The SMILES string of the molecule is C=C(OCCOC(=O)C(C)Oc1ccc(N=C=O)cc1)C(C)Oc1ccc(N=C=O)cc1. The Labute approximate surface area is 185 Å². The number of isocyanates is 2. The molecule has 9 nitrogen and oxygen atoms in total. The molecule has 0 bridgehead atoms. The van der Waals surface area contributed by atoms with Crippen LogP contribution in [-0.4, -0.2) is 43.6 Å². The van der Waals surface area contributed by atoms with E-state index in [0.29, 0.717) is 28.6 Å². The first-order valence-corrected chi connectivity index (χ1v) is 9.60. The van der Waals surface area contributed by atoms with Gasteiger partial charge in [0.15, 0.2) is 12.2 Å². The highest BCUT2D eigenvalue weighted by Crippen LogP contribution is 2.21. The van der Waals surface area contributed by atoms with Gasteiger partial charge in [0.1, 0.15) is 30.5 Å². The molecular formula is C23H22N2O7. The fraction of sp³-hybridized carbons (Fsp3) is 0.261. The van der Waals surface area contributed by atoms with Crippen LogP contribution < -0.4 is 9.47 Å². The number of hydrogen-bond acceptors (Lipinski definition) is 9. The normalized spacial score (nSPS) is 11.7. The van der Waals surface area contributed by atoms with Crippen molar-refractivity contribution in [2.45, 2.75) is 26.1 Å². The summed E-state index contributed by atoms with van der Waals surface area (Å²) in [5, 5.41) is 0. The minimum absolute atomic E-state index is 0.00363. The summed E-state index contributed by atoms with van der Waals surface area (Å²) in [4.78, 5) is 39.5. The van der Waals surface area contributed by atoms with Crippen molar-refractivity contribution in [1.29, 1.82) is 0 Å². The Bertz CT molecular complexity index is 922. The van der Waals surface area contributed by atoms with Crippen molar-refractivity contribution in [3.05, 3.63) is 60.9 Å². The van der Waals surface area contributed by atoms with E-state index in [1.807, 2.05) is 0 Å². The molecule has 0 aromatic heterocycles. The molecule has 0 aliphatic carbocycles. The van der Waals surface area contributed by atoms with Crippen LogP contribution in [0.1, 0.15) is 13.8 Å². The summed E-state index contributed by atoms with van der Waals surface area (Å²) in [5.41, 5.74) is 0.904. The lowest BCUT2D eigenvalue weighted by Gasteiger charge is -2.18. The number of rotatable bonds is 12. The van der Waals surface area contributed by atoms with E-state index in [2.05, 4.69) is 16.6 Å². The van der Waals surface area contributed by atoms with Crippen molar-refractivity contribution >= 4 is 29.5 Å². The predicted molar refractivity (Wildman–Crippen MR) is 115 cm³/mol. The maximum absolute atomic E-state index is 12.1. The number of carbonyl (C=O) groups is 1. The van der Waals surface area contributed by atoms with Gasteiger partial charge in [0, 0.05) is 0 Å². The summed E-state index contributed by atoms with van der Waals surface area (Å²) in [6.45, 7) is 7.22. The average molecular weight is 438 g/mol. The van der Waals surface area contributed by atoms with Crippen molar-refractivity contribution in [2.24, 2.45) is 9.98 Å². The lowest BCUT2D eigenvalue weighted by Crippen LogP contribution is -2.27. The highest BCUT2D eigenvalue weighted by Gasteiger charge is 2.17. The molecule has 0 saturated carbocycles. The Morgan fingerprint density at radius 2 is 1.25 bits per heavy atom. The van der Waals surface area contributed by atoms with Crippen LogP contribution in [0.3, 0.4) is 0 Å². The first-order chi connectivity index (χ1) is 15.4. The van der Waals surface area contributed by atoms with E-state index < -0.39 is 18.2 Å². The molecule has 2 aromatic carbocycles. The molecule has 0 N–H and O–H groups in total. The molecule has 0 heterocycles. The van der Waals surface area contributed by atoms with Crippen LogP contribution in [0.25, 0.3) is 0 Å². The zero-order valence-electron chi connectivity index (χ0n) is 17.6. The lowest BCUT2D eigenvalue weighted by molar-refractivity contribution is -0.152. The number of benzene rings is 2. The van der Waals surface area contributed by atoms with Crippen molar-refractivity contribution < 1.29 is 33.3 Å². The van der Waals surface area contributed by atoms with Crippen molar-refractivity contribution in [3.8, 4) is 11.5 Å². The predicted octanol–water partition coefficient (Wildman–Crippen LogP) is 3.93. The Morgan fingerprint density at radius 3 is 1.72 bits per heavy atom. The third-order valence-electron chi connectivity index (χ3n) is 4.05. The Balaban J connectivity index is 1.69. The molecule has 0 saturated heterocycles. The Morgan fingerprint density at radius 1 is 0.812 bits per heavy atom. The molecule has 2 unspecified atom stereocenters.